The van der Waals surface area contributed by atoms with Crippen LogP contribution in [0.2, 0.25) is 0 Å². The number of nitrogens with zero attached hydrogens (tertiary/aromatic N) is 1. The molecule has 0 aliphatic carbocycles. The highest BCUT2D eigenvalue weighted by Crippen LogP contribution is 2.33. The molecule has 0 radical (unpaired) electrons. The number of aliphatic hydroxyl groups excluding tert-OH is 1. The third-order valence-corrected chi connectivity index (χ3v) is 3.95. The van der Waals surface area contributed by atoms with Crippen molar-refractivity contribution in [3.63, 3.8) is 0 Å². The van der Waals surface area contributed by atoms with E-state index in [2.05, 4.69) is 10.6 Å². The number of carbonyl (C=O) groups excluding carboxylic acids is 2. The standard InChI is InChI=1S/C16H19N3O4/c1-9(20)7-19-8-12-13(15(19)21)14(18-16(22)17-12)10-3-5-11(23-2)6-4-10/h3-6,9,14,20H,7-8H2,1-2H3,(H2,17,18,22)/t9-,14+/m1/s1. The van der Waals surface area contributed by atoms with E-state index >= 15 is 0 Å². The van der Waals surface area contributed by atoms with Crippen LogP contribution in [0.4, 0.5) is 4.79 Å². The number of urea groups is 1. The SMILES string of the molecule is COc1ccc([C@@H]2NC(=O)NC3=C2C(=O)N(C[C@@H](C)O)C3)cc1. The maximum Gasteiger partial charge on any atom is 0.319 e. The van der Waals surface area contributed by atoms with Crippen molar-refractivity contribution < 1.29 is 19.4 Å². The number of hydrogen-bond donors (Lipinski definition) is 3. The summed E-state index contributed by atoms with van der Waals surface area (Å²) in [6, 6.07) is 6.38. The van der Waals surface area contributed by atoms with Crippen molar-refractivity contribution >= 4 is 11.9 Å². The summed E-state index contributed by atoms with van der Waals surface area (Å²) in [5.41, 5.74) is 1.93. The number of hydrogen-bond acceptors (Lipinski definition) is 4. The molecule has 3 N–H and O–H groups in total. The molecule has 7 nitrogen and oxygen atoms in total. The second-order valence-electron chi connectivity index (χ2n) is 5.73. The summed E-state index contributed by atoms with van der Waals surface area (Å²) in [6.07, 6.45) is -0.622. The van der Waals surface area contributed by atoms with Crippen LogP contribution in [-0.2, 0) is 4.79 Å². The number of benzene rings is 1. The molecule has 0 fully saturated rings. The average molecular weight is 317 g/mol. The molecule has 1 aromatic rings. The van der Waals surface area contributed by atoms with E-state index in [9.17, 15) is 14.7 Å². The Balaban J connectivity index is 1.92. The molecule has 2 aliphatic heterocycles. The van der Waals surface area contributed by atoms with Crippen LogP contribution in [-0.4, -0.2) is 48.2 Å². The Bertz CT molecular complexity index is 666. The molecule has 0 bridgehead atoms. The van der Waals surface area contributed by atoms with Crippen molar-refractivity contribution in [1.82, 2.24) is 15.5 Å². The normalized spacial score (nSPS) is 21.7. The molecule has 2 atom stereocenters. The molecule has 1 aromatic carbocycles. The lowest BCUT2D eigenvalue weighted by molar-refractivity contribution is -0.126. The molecule has 2 aliphatic rings. The van der Waals surface area contributed by atoms with Gasteiger partial charge in [0, 0.05) is 6.54 Å². The number of rotatable bonds is 4. The number of methoxy groups -OCH3 is 1. The molecule has 23 heavy (non-hydrogen) atoms. The van der Waals surface area contributed by atoms with E-state index in [1.807, 2.05) is 12.1 Å². The smallest absolute Gasteiger partial charge is 0.319 e. The van der Waals surface area contributed by atoms with Gasteiger partial charge in [0.1, 0.15) is 5.75 Å². The first kappa shape index (κ1) is 15.4. The molecular weight excluding hydrogens is 298 g/mol. The van der Waals surface area contributed by atoms with E-state index in [1.165, 1.54) is 0 Å². The molecule has 2 heterocycles. The summed E-state index contributed by atoms with van der Waals surface area (Å²) in [5, 5.41) is 15.0. The lowest BCUT2D eigenvalue weighted by Gasteiger charge is -2.25. The Labute approximate surface area is 133 Å². The van der Waals surface area contributed by atoms with Gasteiger partial charge in [-0.2, -0.15) is 0 Å². The monoisotopic (exact) mass is 317 g/mol. The van der Waals surface area contributed by atoms with Gasteiger partial charge in [-0.3, -0.25) is 4.79 Å². The van der Waals surface area contributed by atoms with Crippen molar-refractivity contribution in [2.75, 3.05) is 20.2 Å². The van der Waals surface area contributed by atoms with Gasteiger partial charge in [-0.05, 0) is 24.6 Å². The highest BCUT2D eigenvalue weighted by molar-refractivity contribution is 6.01. The fourth-order valence-corrected chi connectivity index (χ4v) is 2.94. The molecule has 3 rings (SSSR count). The number of carbonyl (C=O) groups is 2. The Morgan fingerprint density at radius 3 is 2.65 bits per heavy atom. The summed E-state index contributed by atoms with van der Waals surface area (Å²) in [5.74, 6) is 0.533. The van der Waals surface area contributed by atoms with Gasteiger partial charge in [0.25, 0.3) is 5.91 Å². The largest absolute Gasteiger partial charge is 0.497 e. The molecular formula is C16H19N3O4. The first-order chi connectivity index (χ1) is 11.0. The highest BCUT2D eigenvalue weighted by atomic mass is 16.5. The predicted octanol–water partition coefficient (Wildman–Crippen LogP) is 0.526. The van der Waals surface area contributed by atoms with Crippen molar-refractivity contribution in [3.8, 4) is 5.75 Å². The lowest BCUT2D eigenvalue weighted by atomic mass is 9.96. The van der Waals surface area contributed by atoms with Crippen molar-refractivity contribution in [3.05, 3.63) is 41.1 Å². The van der Waals surface area contributed by atoms with E-state index in [-0.39, 0.29) is 18.5 Å². The summed E-state index contributed by atoms with van der Waals surface area (Å²) >= 11 is 0. The van der Waals surface area contributed by atoms with Crippen LogP contribution in [0, 0.1) is 0 Å². The zero-order chi connectivity index (χ0) is 16.6. The molecule has 0 saturated heterocycles. The van der Waals surface area contributed by atoms with Gasteiger partial charge in [-0.1, -0.05) is 12.1 Å². The summed E-state index contributed by atoms with van der Waals surface area (Å²) in [4.78, 5) is 26.1. The van der Waals surface area contributed by atoms with Crippen LogP contribution in [0.25, 0.3) is 0 Å². The molecule has 122 valence electrons. The van der Waals surface area contributed by atoms with Crippen LogP contribution < -0.4 is 15.4 Å². The zero-order valence-corrected chi connectivity index (χ0v) is 13.0. The average Bonchev–Trinajstić information content (AvgIpc) is 2.82. The van der Waals surface area contributed by atoms with E-state index in [1.54, 1.807) is 31.1 Å². The van der Waals surface area contributed by atoms with Crippen LogP contribution in [0.1, 0.15) is 18.5 Å². The molecule has 3 amide bonds. The van der Waals surface area contributed by atoms with Crippen LogP contribution in [0.5, 0.6) is 5.75 Å². The van der Waals surface area contributed by atoms with E-state index in [0.29, 0.717) is 23.6 Å². The van der Waals surface area contributed by atoms with Crippen LogP contribution in [0.3, 0.4) is 0 Å². The third kappa shape index (κ3) is 2.87. The topological polar surface area (TPSA) is 90.9 Å². The van der Waals surface area contributed by atoms with Crippen molar-refractivity contribution in [2.45, 2.75) is 19.1 Å². The minimum atomic E-state index is -0.622. The summed E-state index contributed by atoms with van der Waals surface area (Å²) < 4.78 is 5.13. The Hall–Kier alpha value is -2.54. The summed E-state index contributed by atoms with van der Waals surface area (Å²) in [6.45, 7) is 2.17. The number of ether oxygens (including phenoxy) is 1. The Kier molecular flexibility index (Phi) is 3.96. The van der Waals surface area contributed by atoms with Crippen molar-refractivity contribution in [1.29, 1.82) is 0 Å². The molecule has 0 unspecified atom stereocenters. The van der Waals surface area contributed by atoms with Gasteiger partial charge in [-0.25, -0.2) is 4.79 Å². The molecule has 0 saturated carbocycles. The molecule has 0 aromatic heterocycles. The number of aliphatic hydroxyl groups is 1. The van der Waals surface area contributed by atoms with Crippen LogP contribution in [0.15, 0.2) is 35.5 Å². The maximum absolute atomic E-state index is 12.6. The first-order valence-corrected chi connectivity index (χ1v) is 7.41. The highest BCUT2D eigenvalue weighted by Gasteiger charge is 2.40. The number of nitrogens with one attached hydrogen (secondary N) is 2. The van der Waals surface area contributed by atoms with Crippen molar-refractivity contribution in [2.24, 2.45) is 0 Å². The molecule has 7 heteroatoms. The van der Waals surface area contributed by atoms with Gasteiger partial charge >= 0.3 is 6.03 Å². The van der Waals surface area contributed by atoms with E-state index in [4.69, 9.17) is 4.74 Å². The third-order valence-electron chi connectivity index (χ3n) is 3.95. The van der Waals surface area contributed by atoms with Crippen LogP contribution >= 0.6 is 0 Å². The van der Waals surface area contributed by atoms with Gasteiger partial charge < -0.3 is 25.4 Å². The Morgan fingerprint density at radius 1 is 1.35 bits per heavy atom. The van der Waals surface area contributed by atoms with Gasteiger partial charge in [0.05, 0.1) is 37.1 Å². The second kappa shape index (κ2) is 5.92. The molecule has 0 spiro atoms. The van der Waals surface area contributed by atoms with Gasteiger partial charge in [-0.15, -0.1) is 0 Å². The minimum absolute atomic E-state index is 0.172. The number of β-amino-alcohol motifs (C(OH)–C–C–N with tert-alkyl or cyclic N) is 1. The van der Waals surface area contributed by atoms with E-state index < -0.39 is 12.1 Å². The lowest BCUT2D eigenvalue weighted by Crippen LogP contribution is -2.44. The minimum Gasteiger partial charge on any atom is -0.497 e. The quantitative estimate of drug-likeness (QED) is 0.755. The number of amides is 3. The van der Waals surface area contributed by atoms with Gasteiger partial charge in [0.2, 0.25) is 0 Å². The van der Waals surface area contributed by atoms with Gasteiger partial charge in [0.15, 0.2) is 0 Å². The maximum atomic E-state index is 12.6. The second-order valence-corrected chi connectivity index (χ2v) is 5.73. The predicted molar refractivity (Wildman–Crippen MR) is 82.7 cm³/mol. The Morgan fingerprint density at radius 2 is 2.04 bits per heavy atom. The van der Waals surface area contributed by atoms with E-state index in [0.717, 1.165) is 5.56 Å². The fourth-order valence-electron chi connectivity index (χ4n) is 2.94. The fraction of sp³-hybridized carbons (Fsp3) is 0.375. The zero-order valence-electron chi connectivity index (χ0n) is 13.0. The summed E-state index contributed by atoms with van der Waals surface area (Å²) in [7, 11) is 1.58. The first-order valence-electron chi connectivity index (χ1n) is 7.41.